The van der Waals surface area contributed by atoms with Crippen LogP contribution in [0.15, 0.2) is 29.2 Å². The summed E-state index contributed by atoms with van der Waals surface area (Å²) in [6, 6.07) is 4.42. The molecule has 108 valence electrons. The molecule has 0 aliphatic heterocycles. The molecule has 1 rings (SSSR count). The van der Waals surface area contributed by atoms with Crippen molar-refractivity contribution in [3.63, 3.8) is 0 Å². The van der Waals surface area contributed by atoms with Gasteiger partial charge in [0.15, 0.2) is 5.69 Å². The van der Waals surface area contributed by atoms with E-state index in [2.05, 4.69) is 0 Å². The summed E-state index contributed by atoms with van der Waals surface area (Å²) in [6.07, 6.45) is 0. The maximum Gasteiger partial charge on any atom is 0.290 e. The Morgan fingerprint density at radius 1 is 1.37 bits per heavy atom. The van der Waals surface area contributed by atoms with Crippen LogP contribution in [0.2, 0.25) is 0 Å². The third-order valence-electron chi connectivity index (χ3n) is 2.02. The SMILES string of the molecule is CN(NS(=O)(=O)c1cccc([NH+]([O-])O)c1)S(N)(=O)=O. The molecule has 0 spiro atoms. The first-order chi connectivity index (χ1) is 8.54. The van der Waals surface area contributed by atoms with Crippen LogP contribution in [0.1, 0.15) is 0 Å². The second kappa shape index (κ2) is 5.48. The van der Waals surface area contributed by atoms with Crippen LogP contribution in [-0.2, 0) is 20.2 Å². The lowest BCUT2D eigenvalue weighted by Gasteiger charge is -2.16. The van der Waals surface area contributed by atoms with E-state index in [1.807, 2.05) is 0 Å². The van der Waals surface area contributed by atoms with E-state index in [1.165, 1.54) is 12.1 Å². The molecule has 0 aliphatic carbocycles. The van der Waals surface area contributed by atoms with Gasteiger partial charge in [-0.15, -0.1) is 9.25 Å². The number of hydrogen-bond donors (Lipinski definition) is 4. The van der Waals surface area contributed by atoms with Crippen molar-refractivity contribution in [2.75, 3.05) is 7.05 Å². The molecule has 0 saturated carbocycles. The summed E-state index contributed by atoms with van der Waals surface area (Å²) < 4.78 is 45.6. The molecule has 10 nitrogen and oxygen atoms in total. The molecule has 0 radical (unpaired) electrons. The standard InChI is InChI=1S/C7H12N4O6S2/c1-10(19(8,16)17)9-18(14,15)7-4-2-3-6(5-7)11(12)13/h2-5,9,11-12H,1H3,(H2,8,16,17). The van der Waals surface area contributed by atoms with E-state index in [1.54, 1.807) is 4.83 Å². The normalized spacial score (nSPS) is 14.6. The minimum Gasteiger partial charge on any atom is -0.595 e. The predicted molar refractivity (Wildman–Crippen MR) is 63.4 cm³/mol. The molecule has 0 amide bonds. The number of quaternary nitrogens is 1. The van der Waals surface area contributed by atoms with Crippen LogP contribution in [0.4, 0.5) is 5.69 Å². The van der Waals surface area contributed by atoms with Gasteiger partial charge in [0.05, 0.1) is 4.90 Å². The van der Waals surface area contributed by atoms with Crippen molar-refractivity contribution in [3.05, 3.63) is 29.5 Å². The average Bonchev–Trinajstić information content (AvgIpc) is 2.27. The fourth-order valence-corrected chi connectivity index (χ4v) is 2.76. The molecule has 19 heavy (non-hydrogen) atoms. The molecule has 0 heterocycles. The van der Waals surface area contributed by atoms with Crippen LogP contribution < -0.4 is 15.2 Å². The lowest BCUT2D eigenvalue weighted by molar-refractivity contribution is -0.991. The maximum absolute atomic E-state index is 11.8. The summed E-state index contributed by atoms with van der Waals surface area (Å²) in [6.45, 7) is 0. The average molecular weight is 312 g/mol. The van der Waals surface area contributed by atoms with Crippen molar-refractivity contribution in [2.24, 2.45) is 5.14 Å². The summed E-state index contributed by atoms with van der Waals surface area (Å²) in [7, 11) is -7.59. The molecular formula is C7H12N4O6S2. The molecule has 1 atom stereocenters. The molecule has 0 fully saturated rings. The molecule has 0 aliphatic rings. The zero-order chi connectivity index (χ0) is 14.8. The number of hydrogen-bond acceptors (Lipinski definition) is 6. The lowest BCUT2D eigenvalue weighted by Crippen LogP contribution is -2.99. The van der Waals surface area contributed by atoms with Gasteiger partial charge in [0.1, 0.15) is 0 Å². The highest BCUT2D eigenvalue weighted by Gasteiger charge is 2.22. The van der Waals surface area contributed by atoms with Crippen molar-refractivity contribution < 1.29 is 27.3 Å². The summed E-state index contributed by atoms with van der Waals surface area (Å²) in [5.41, 5.74) is -0.249. The summed E-state index contributed by atoms with van der Waals surface area (Å²) in [5.74, 6) is 0. The van der Waals surface area contributed by atoms with E-state index < -0.39 is 30.4 Å². The van der Waals surface area contributed by atoms with Gasteiger partial charge >= 0.3 is 0 Å². The van der Waals surface area contributed by atoms with Crippen molar-refractivity contribution in [1.82, 2.24) is 9.25 Å². The van der Waals surface area contributed by atoms with Crippen LogP contribution in [-0.4, -0.2) is 33.5 Å². The fourth-order valence-electron chi connectivity index (χ4n) is 1.07. The predicted octanol–water partition coefficient (Wildman–Crippen LogP) is -2.58. The van der Waals surface area contributed by atoms with Crippen LogP contribution in [0.5, 0.6) is 0 Å². The highest BCUT2D eigenvalue weighted by molar-refractivity contribution is 7.91. The van der Waals surface area contributed by atoms with Crippen LogP contribution in [0.3, 0.4) is 0 Å². The number of nitrogens with one attached hydrogen (secondary N) is 2. The van der Waals surface area contributed by atoms with Crippen LogP contribution in [0, 0.1) is 5.21 Å². The monoisotopic (exact) mass is 312 g/mol. The molecule has 12 heteroatoms. The molecule has 1 unspecified atom stereocenters. The van der Waals surface area contributed by atoms with Crippen molar-refractivity contribution in [3.8, 4) is 0 Å². The Labute approximate surface area is 109 Å². The number of nitrogens with zero attached hydrogens (tertiary/aromatic N) is 1. The maximum atomic E-state index is 11.8. The molecule has 5 N–H and O–H groups in total. The van der Waals surface area contributed by atoms with E-state index in [0.717, 1.165) is 19.2 Å². The molecule has 0 aromatic heterocycles. The van der Waals surface area contributed by atoms with Gasteiger partial charge in [-0.2, -0.15) is 13.6 Å². The Hall–Kier alpha value is -1.12. The van der Waals surface area contributed by atoms with Gasteiger partial charge < -0.3 is 5.21 Å². The minimum atomic E-state index is -4.25. The zero-order valence-corrected chi connectivity index (χ0v) is 11.3. The van der Waals surface area contributed by atoms with E-state index in [-0.39, 0.29) is 10.1 Å². The second-order valence-electron chi connectivity index (χ2n) is 3.44. The van der Waals surface area contributed by atoms with Gasteiger partial charge in [-0.05, 0) is 6.07 Å². The Morgan fingerprint density at radius 3 is 2.42 bits per heavy atom. The molecule has 0 bridgehead atoms. The summed E-state index contributed by atoms with van der Waals surface area (Å²) in [4.78, 5) is 1.28. The Bertz CT molecular complexity index is 656. The smallest absolute Gasteiger partial charge is 0.290 e. The number of rotatable bonds is 5. The number of sulfonamides is 1. The lowest BCUT2D eigenvalue weighted by atomic mass is 10.3. The Morgan fingerprint density at radius 2 is 1.95 bits per heavy atom. The Balaban J connectivity index is 3.11. The highest BCUT2D eigenvalue weighted by atomic mass is 32.2. The molecule has 1 aromatic carbocycles. The third kappa shape index (κ3) is 4.19. The number of hydrazine groups is 1. The fraction of sp³-hybridized carbons (Fsp3) is 0.143. The topological polar surface area (TPSA) is 157 Å². The van der Waals surface area contributed by atoms with Gasteiger partial charge in [0, 0.05) is 19.2 Å². The van der Waals surface area contributed by atoms with Gasteiger partial charge in [-0.1, -0.05) is 6.07 Å². The molecular weight excluding hydrogens is 300 g/mol. The Kier molecular flexibility index (Phi) is 4.59. The first-order valence-corrected chi connectivity index (χ1v) is 7.65. The van der Waals surface area contributed by atoms with Gasteiger partial charge in [-0.3, -0.25) is 0 Å². The van der Waals surface area contributed by atoms with Crippen molar-refractivity contribution >= 4 is 25.9 Å². The quantitative estimate of drug-likeness (QED) is 0.437. The van der Waals surface area contributed by atoms with Gasteiger partial charge in [0.25, 0.3) is 20.2 Å². The molecule has 1 aromatic rings. The number of nitrogens with two attached hydrogens (primary N) is 1. The van der Waals surface area contributed by atoms with E-state index >= 15 is 0 Å². The zero-order valence-electron chi connectivity index (χ0n) is 9.64. The van der Waals surface area contributed by atoms with E-state index in [9.17, 15) is 22.0 Å². The minimum absolute atomic E-state index is 0.204. The largest absolute Gasteiger partial charge is 0.595 e. The summed E-state index contributed by atoms with van der Waals surface area (Å²) >= 11 is 0. The number of benzene rings is 1. The summed E-state index contributed by atoms with van der Waals surface area (Å²) in [5, 5.41) is 22.9. The molecule has 0 saturated heterocycles. The van der Waals surface area contributed by atoms with Crippen LogP contribution in [0.25, 0.3) is 0 Å². The highest BCUT2D eigenvalue weighted by Crippen LogP contribution is 2.12. The van der Waals surface area contributed by atoms with Crippen LogP contribution >= 0.6 is 0 Å². The van der Waals surface area contributed by atoms with Crippen molar-refractivity contribution in [2.45, 2.75) is 4.90 Å². The third-order valence-corrected chi connectivity index (χ3v) is 4.38. The van der Waals surface area contributed by atoms with E-state index in [0.29, 0.717) is 0 Å². The second-order valence-corrected chi connectivity index (χ2v) is 6.68. The first-order valence-electron chi connectivity index (χ1n) is 4.66. The van der Waals surface area contributed by atoms with Gasteiger partial charge in [0.2, 0.25) is 0 Å². The van der Waals surface area contributed by atoms with Crippen molar-refractivity contribution in [1.29, 1.82) is 0 Å². The van der Waals surface area contributed by atoms with Gasteiger partial charge in [-0.25, -0.2) is 18.8 Å². The first kappa shape index (κ1) is 15.9. The van der Waals surface area contributed by atoms with E-state index in [4.69, 9.17) is 10.3 Å².